The number of fused-ring (bicyclic) bond motifs is 2. The maximum absolute atomic E-state index is 2.35. The van der Waals surface area contributed by atoms with Crippen molar-refractivity contribution in [2.24, 2.45) is 0 Å². The van der Waals surface area contributed by atoms with Gasteiger partial charge in [0.2, 0.25) is 0 Å². The topological polar surface area (TPSA) is 19.4 Å². The molecule has 0 aliphatic rings. The number of rotatable bonds is 22. The molecule has 0 amide bonds. The van der Waals surface area contributed by atoms with Crippen molar-refractivity contribution >= 4 is 124 Å². The van der Waals surface area contributed by atoms with Gasteiger partial charge in [-0.3, -0.25) is 0 Å². The molecule has 0 aliphatic carbocycles. The summed E-state index contributed by atoms with van der Waals surface area (Å²) in [6, 6.07) is 186. The van der Waals surface area contributed by atoms with Crippen molar-refractivity contribution in [3.8, 4) is 44.5 Å². The second-order valence-electron chi connectivity index (χ2n) is 30.1. The zero-order chi connectivity index (χ0) is 81.6. The van der Waals surface area contributed by atoms with Crippen LogP contribution in [0, 0.1) is 0 Å². The van der Waals surface area contributed by atoms with E-state index in [1.807, 2.05) is 0 Å². The first kappa shape index (κ1) is 75.7. The van der Waals surface area contributed by atoms with E-state index in [9.17, 15) is 0 Å². The average molecular weight is 1560 g/mol. The van der Waals surface area contributed by atoms with Crippen molar-refractivity contribution in [3.63, 3.8) is 0 Å². The molecule has 6 nitrogen and oxygen atoms in total. The minimum Gasteiger partial charge on any atom is -0.311 e. The van der Waals surface area contributed by atoms with Crippen molar-refractivity contribution in [2.75, 3.05) is 29.4 Å². The molecule has 20 aromatic carbocycles. The Morgan fingerprint density at radius 3 is 0.402 bits per heavy atom. The smallest absolute Gasteiger partial charge is 0.0540 e. The fourth-order valence-corrected chi connectivity index (χ4v) is 16.5. The first-order valence-corrected chi connectivity index (χ1v) is 41.5. The number of nitrogens with zero attached hydrogens (tertiary/aromatic N) is 6. The van der Waals surface area contributed by atoms with Gasteiger partial charge >= 0.3 is 0 Å². The lowest BCUT2D eigenvalue weighted by atomic mass is 10.0. The number of anilines is 18. The van der Waals surface area contributed by atoms with Gasteiger partial charge in [-0.25, -0.2) is 0 Å². The molecule has 0 N–H and O–H groups in total. The molecule has 0 spiro atoms. The van der Waals surface area contributed by atoms with Crippen LogP contribution >= 0.6 is 0 Å². The molecule has 0 radical (unpaired) electrons. The Morgan fingerprint density at radius 1 is 0.0902 bits per heavy atom. The second kappa shape index (κ2) is 35.7. The molecule has 122 heavy (non-hydrogen) atoms. The maximum Gasteiger partial charge on any atom is 0.0540 e. The molecule has 0 saturated carbocycles. The average Bonchev–Trinajstić information content (AvgIpc) is 0.783. The highest BCUT2D eigenvalue weighted by atomic mass is 15.2. The zero-order valence-electron chi connectivity index (χ0n) is 67.3. The van der Waals surface area contributed by atoms with Crippen LogP contribution in [0.25, 0.3) is 66.1 Å². The minimum atomic E-state index is 1.07. The van der Waals surface area contributed by atoms with Crippen molar-refractivity contribution in [1.82, 2.24) is 0 Å². The fraction of sp³-hybridized carbons (Fsp3) is 0. The fourth-order valence-electron chi connectivity index (χ4n) is 16.5. The van der Waals surface area contributed by atoms with E-state index in [-0.39, 0.29) is 0 Å². The molecule has 20 rings (SSSR count). The van der Waals surface area contributed by atoms with Gasteiger partial charge in [-0.05, 0) is 262 Å². The third-order valence-electron chi connectivity index (χ3n) is 22.5. The van der Waals surface area contributed by atoms with Crippen molar-refractivity contribution in [3.05, 3.63) is 522 Å². The van der Waals surface area contributed by atoms with Crippen molar-refractivity contribution in [2.45, 2.75) is 0 Å². The predicted molar refractivity (Wildman–Crippen MR) is 518 cm³/mol. The summed E-state index contributed by atoms with van der Waals surface area (Å²) < 4.78 is 0. The van der Waals surface area contributed by atoms with Gasteiger partial charge in [0.25, 0.3) is 0 Å². The lowest BCUT2D eigenvalue weighted by molar-refractivity contribution is 1.28. The number of benzene rings is 20. The standard InChI is InChI=1S/C72H54N4.C44H32N2/c1-7-19-61(20-8-1)73(62-21-9-2-10-22-62)67-43-31-55(32-44-67)58-37-49-70(50-38-58)76(71-51-39-59(40-52-71)56-33-45-68(46-34-56)74(63-23-11-3-12-24-63)64-25-13-4-14-26-64)72-53-41-60(42-54-72)57-35-47-69(48-36-57)75(65-27-15-5-16-28-65)66-29-17-6-18-30-66;1-3-17-37(18-4-1)45(43-23-11-15-35-13-7-9-21-41(35)43)39-29-25-33(26-30-39)34-27-31-40(32-28-34)46(38-19-5-2-6-20-38)44-24-12-16-36-14-8-10-22-42(36)44/h1-54H;1-32H. The molecule has 0 aromatic heterocycles. The quantitative estimate of drug-likeness (QED) is 0.0669. The van der Waals surface area contributed by atoms with E-state index in [0.29, 0.717) is 0 Å². The molecule has 0 fully saturated rings. The van der Waals surface area contributed by atoms with Crippen LogP contribution in [0.15, 0.2) is 522 Å². The van der Waals surface area contributed by atoms with Gasteiger partial charge in [0.05, 0.1) is 11.4 Å². The number of para-hydroxylation sites is 8. The summed E-state index contributed by atoms with van der Waals surface area (Å²) in [7, 11) is 0. The van der Waals surface area contributed by atoms with Crippen LogP contribution in [0.3, 0.4) is 0 Å². The highest BCUT2D eigenvalue weighted by Gasteiger charge is 2.22. The van der Waals surface area contributed by atoms with Gasteiger partial charge in [-0.2, -0.15) is 0 Å². The molecule has 0 bridgehead atoms. The molecule has 20 aromatic rings. The van der Waals surface area contributed by atoms with Crippen LogP contribution < -0.4 is 29.4 Å². The Labute approximate surface area is 714 Å². The van der Waals surface area contributed by atoms with Crippen LogP contribution in [-0.4, -0.2) is 0 Å². The summed E-state index contributed by atoms with van der Waals surface area (Å²) in [6.07, 6.45) is 0. The van der Waals surface area contributed by atoms with E-state index in [1.165, 1.54) is 32.7 Å². The molecule has 580 valence electrons. The van der Waals surface area contributed by atoms with Gasteiger partial charge in [-0.1, -0.05) is 315 Å². The van der Waals surface area contributed by atoms with Gasteiger partial charge < -0.3 is 29.4 Å². The number of hydrogen-bond donors (Lipinski definition) is 0. The van der Waals surface area contributed by atoms with Crippen LogP contribution in [-0.2, 0) is 0 Å². The SMILES string of the molecule is c1ccc(N(c2ccc(-c3ccc(N(c4ccccc4)c4cccc5ccccc45)cc3)cc2)c2cccc3ccccc23)cc1.c1ccc(N(c2ccccc2)c2ccc(-c3ccc(N(c4ccc(-c5ccc(N(c6ccccc6)c6ccccc6)cc5)cc4)c4ccc(-c5ccc(N(c6ccccc6)c6ccccc6)cc5)cc4)cc3)cc2)cc1. The van der Waals surface area contributed by atoms with Gasteiger partial charge in [0, 0.05) is 102 Å². The van der Waals surface area contributed by atoms with Crippen molar-refractivity contribution in [1.29, 1.82) is 0 Å². The van der Waals surface area contributed by atoms with Gasteiger partial charge in [0.15, 0.2) is 0 Å². The van der Waals surface area contributed by atoms with Crippen molar-refractivity contribution < 1.29 is 0 Å². The van der Waals surface area contributed by atoms with E-state index in [4.69, 9.17) is 0 Å². The van der Waals surface area contributed by atoms with Crippen LogP contribution in [0.4, 0.5) is 102 Å². The van der Waals surface area contributed by atoms with Crippen LogP contribution in [0.5, 0.6) is 0 Å². The van der Waals surface area contributed by atoms with E-state index in [1.54, 1.807) is 0 Å². The molecular formula is C116H86N6. The summed E-state index contributed by atoms with van der Waals surface area (Å²) >= 11 is 0. The van der Waals surface area contributed by atoms with Gasteiger partial charge in [-0.15, -0.1) is 0 Å². The third-order valence-corrected chi connectivity index (χ3v) is 22.5. The normalized spacial score (nSPS) is 11.0. The molecule has 6 heteroatoms. The van der Waals surface area contributed by atoms with E-state index in [0.717, 1.165) is 136 Å². The van der Waals surface area contributed by atoms with Crippen LogP contribution in [0.2, 0.25) is 0 Å². The number of hydrogen-bond acceptors (Lipinski definition) is 6. The summed E-state index contributed by atoms with van der Waals surface area (Å²) in [6.45, 7) is 0. The second-order valence-corrected chi connectivity index (χ2v) is 30.1. The highest BCUT2D eigenvalue weighted by Crippen LogP contribution is 2.46. The maximum atomic E-state index is 2.35. The first-order chi connectivity index (χ1) is 60.5. The lowest BCUT2D eigenvalue weighted by Gasteiger charge is -2.27. The largest absolute Gasteiger partial charge is 0.311 e. The van der Waals surface area contributed by atoms with Gasteiger partial charge in [0.1, 0.15) is 0 Å². The van der Waals surface area contributed by atoms with E-state index < -0.39 is 0 Å². The Bertz CT molecular complexity index is 6080. The molecule has 0 heterocycles. The Kier molecular flexibility index (Phi) is 22.1. The minimum absolute atomic E-state index is 1.07. The molecule has 0 atom stereocenters. The summed E-state index contributed by atoms with van der Waals surface area (Å²) in [4.78, 5) is 13.9. The molecule has 0 saturated heterocycles. The van der Waals surface area contributed by atoms with E-state index >= 15 is 0 Å². The Hall–Kier alpha value is -16.3. The Balaban J connectivity index is 0.000000181. The third kappa shape index (κ3) is 16.5. The lowest BCUT2D eigenvalue weighted by Crippen LogP contribution is -2.10. The molecule has 0 aliphatic heterocycles. The zero-order valence-corrected chi connectivity index (χ0v) is 67.3. The summed E-state index contributed by atoms with van der Waals surface area (Å²) in [5.74, 6) is 0. The first-order valence-electron chi connectivity index (χ1n) is 41.5. The Morgan fingerprint density at radius 2 is 0.221 bits per heavy atom. The van der Waals surface area contributed by atoms with E-state index in [2.05, 4.69) is 551 Å². The van der Waals surface area contributed by atoms with Crippen LogP contribution in [0.1, 0.15) is 0 Å². The molecular weight excluding hydrogens is 1480 g/mol. The monoisotopic (exact) mass is 1560 g/mol. The highest BCUT2D eigenvalue weighted by molar-refractivity contribution is 6.01. The predicted octanol–water partition coefficient (Wildman–Crippen LogP) is 33.2. The molecule has 0 unspecified atom stereocenters. The summed E-state index contributed by atoms with van der Waals surface area (Å²) in [5, 5.41) is 4.90. The summed E-state index contributed by atoms with van der Waals surface area (Å²) in [5.41, 5.74) is 29.3.